The second kappa shape index (κ2) is 73.6. The molecule has 0 saturated heterocycles. The van der Waals surface area contributed by atoms with E-state index in [2.05, 4.69) is 62.8 Å². The predicted molar refractivity (Wildman–Crippen MR) is 389 cm³/mol. The number of ether oxygens (including phenoxy) is 2. The van der Waals surface area contributed by atoms with Crippen molar-refractivity contribution in [3.8, 4) is 0 Å². The minimum atomic E-state index is -0.522. The first-order valence-electron chi connectivity index (χ1n) is 40.0. The fraction of sp³-hybridized carbons (Fsp3) is 0.924. The summed E-state index contributed by atoms with van der Waals surface area (Å²) in [6, 6.07) is -0.600. The van der Waals surface area contributed by atoms with Crippen molar-refractivity contribution in [1.29, 1.82) is 0 Å². The van der Waals surface area contributed by atoms with Crippen molar-refractivity contribution >= 4 is 35.6 Å². The van der Waals surface area contributed by atoms with E-state index in [1.165, 1.54) is 225 Å². The van der Waals surface area contributed by atoms with Crippen LogP contribution in [-0.4, -0.2) is 84.7 Å². The Kier molecular flexibility index (Phi) is 72.7. The molecule has 0 aromatic heterocycles. The monoisotopic (exact) mass is 1300 g/mol. The number of amides is 4. The molecule has 0 fully saturated rings. The largest absolute Gasteiger partial charge is 0.462 e. The molecule has 0 bridgehead atoms. The lowest BCUT2D eigenvalue weighted by Crippen LogP contribution is -2.46. The number of esters is 2. The topological polar surface area (TPSA) is 189 Å². The SMILES string of the molecule is CCCCCCCCCCCCCC(=O)N[C@@H](CC)CNC(=O)C[C@@H](CCCCCCC)OC(=O)CCCCCCCCCCC.CCCCCCCCCCCCCC(=O)N[C@@H](CO)CNC(=O)C[C@@H](CCCCCCC)OC(=O)CCCCCCCCCCC. The lowest BCUT2D eigenvalue weighted by Gasteiger charge is -2.20. The van der Waals surface area contributed by atoms with Gasteiger partial charge >= 0.3 is 11.9 Å². The summed E-state index contributed by atoms with van der Waals surface area (Å²) in [6.07, 6.45) is 63.9. The van der Waals surface area contributed by atoms with Crippen LogP contribution in [0.25, 0.3) is 0 Å². The van der Waals surface area contributed by atoms with Gasteiger partial charge in [0.1, 0.15) is 12.2 Å². The lowest BCUT2D eigenvalue weighted by atomic mass is 10.0. The standard InChI is InChI=1S/C40H78N2O4.C39H76N2O5/c1-5-9-12-15-17-19-20-22-23-26-29-32-38(43)42-36(8-4)35-41-39(44)34-37(31-28-25-14-11-7-3)46-40(45)33-30-27-24-21-18-16-13-10-6-2;1-4-7-10-13-15-17-18-20-21-24-27-30-37(43)41-35(34-42)33-40-38(44)32-36(29-26-23-12-9-6-3)46-39(45)31-28-25-22-19-16-14-11-8-5-2/h36-37H,5-35H2,1-4H3,(H,41,44)(H,42,43);35-36,42H,4-34H2,1-3H3,(H,40,44)(H,41,43)/t36-,37+;35-,36-/m01/s1. The summed E-state index contributed by atoms with van der Waals surface area (Å²) < 4.78 is 11.6. The number of hydrogen-bond acceptors (Lipinski definition) is 9. The quantitative estimate of drug-likeness (QED) is 0.0291. The van der Waals surface area contributed by atoms with Crippen molar-refractivity contribution in [2.24, 2.45) is 0 Å². The highest BCUT2D eigenvalue weighted by atomic mass is 16.5. The average molecular weight is 1300 g/mol. The van der Waals surface area contributed by atoms with Gasteiger partial charge in [-0.1, -0.05) is 331 Å². The summed E-state index contributed by atoms with van der Waals surface area (Å²) in [7, 11) is 0. The lowest BCUT2D eigenvalue weighted by molar-refractivity contribution is -0.152. The summed E-state index contributed by atoms with van der Waals surface area (Å²) in [5.41, 5.74) is 0. The van der Waals surface area contributed by atoms with E-state index in [-0.39, 0.29) is 73.7 Å². The van der Waals surface area contributed by atoms with Crippen molar-refractivity contribution in [3.63, 3.8) is 0 Å². The van der Waals surface area contributed by atoms with Crippen molar-refractivity contribution in [2.75, 3.05) is 19.7 Å². The van der Waals surface area contributed by atoms with Crippen molar-refractivity contribution in [1.82, 2.24) is 21.3 Å². The van der Waals surface area contributed by atoms with Crippen LogP contribution in [0, 0.1) is 0 Å². The van der Waals surface area contributed by atoms with Gasteiger partial charge in [0.2, 0.25) is 23.6 Å². The van der Waals surface area contributed by atoms with Gasteiger partial charge in [-0.05, 0) is 57.8 Å². The van der Waals surface area contributed by atoms with E-state index < -0.39 is 12.1 Å². The van der Waals surface area contributed by atoms with E-state index in [0.29, 0.717) is 38.6 Å². The highest BCUT2D eigenvalue weighted by Gasteiger charge is 2.22. The number of aliphatic hydroxyl groups is 1. The van der Waals surface area contributed by atoms with Crippen molar-refractivity contribution in [2.45, 2.75) is 452 Å². The number of carbonyl (C=O) groups excluding carboxylic acids is 6. The molecule has 4 amide bonds. The zero-order valence-electron chi connectivity index (χ0n) is 61.9. The first-order chi connectivity index (χ1) is 44.9. The van der Waals surface area contributed by atoms with Gasteiger partial charge in [-0.15, -0.1) is 0 Å². The van der Waals surface area contributed by atoms with Crippen LogP contribution >= 0.6 is 0 Å². The van der Waals surface area contributed by atoms with Gasteiger partial charge in [-0.25, -0.2) is 0 Å². The average Bonchev–Trinajstić information content (AvgIpc) is 3.75. The van der Waals surface area contributed by atoms with E-state index >= 15 is 0 Å². The molecule has 5 N–H and O–H groups in total. The predicted octanol–water partition coefficient (Wildman–Crippen LogP) is 21.1. The normalized spacial score (nSPS) is 12.5. The second-order valence-electron chi connectivity index (χ2n) is 27.5. The molecular formula is C79H154N4O9. The summed E-state index contributed by atoms with van der Waals surface area (Å²) in [5, 5.41) is 21.6. The van der Waals surface area contributed by atoms with Crippen molar-refractivity contribution < 1.29 is 43.3 Å². The Hall–Kier alpha value is -3.22. The molecule has 4 atom stereocenters. The molecule has 13 heteroatoms. The Bertz CT molecular complexity index is 1520. The number of rotatable bonds is 70. The van der Waals surface area contributed by atoms with Gasteiger partial charge in [-0.3, -0.25) is 28.8 Å². The van der Waals surface area contributed by atoms with Crippen LogP contribution in [0.1, 0.15) is 427 Å². The molecule has 0 heterocycles. The van der Waals surface area contributed by atoms with Crippen molar-refractivity contribution in [3.05, 3.63) is 0 Å². The number of hydrogen-bond donors (Lipinski definition) is 5. The molecule has 13 nitrogen and oxygen atoms in total. The highest BCUT2D eigenvalue weighted by Crippen LogP contribution is 2.19. The van der Waals surface area contributed by atoms with Gasteiger partial charge in [0.15, 0.2) is 0 Å². The number of carbonyl (C=O) groups is 6. The van der Waals surface area contributed by atoms with E-state index in [4.69, 9.17) is 9.47 Å². The molecule has 0 aromatic carbocycles. The number of unbranched alkanes of at least 4 members (excludes halogenated alkanes) is 44. The van der Waals surface area contributed by atoms with Crippen LogP contribution in [-0.2, 0) is 38.2 Å². The number of aliphatic hydroxyl groups excluding tert-OH is 1. The summed E-state index contributed by atoms with van der Waals surface area (Å²) in [4.78, 5) is 75.8. The van der Waals surface area contributed by atoms with Gasteiger partial charge in [0.25, 0.3) is 0 Å². The molecule has 0 aliphatic rings. The molecule has 0 saturated carbocycles. The molecule has 544 valence electrons. The smallest absolute Gasteiger partial charge is 0.306 e. The molecule has 0 rings (SSSR count). The molecule has 0 aromatic rings. The maximum absolute atomic E-state index is 12.9. The van der Waals surface area contributed by atoms with Crippen LogP contribution in [0.5, 0.6) is 0 Å². The fourth-order valence-electron chi connectivity index (χ4n) is 12.0. The molecule has 0 unspecified atom stereocenters. The third-order valence-electron chi connectivity index (χ3n) is 18.2. The Morgan fingerprint density at radius 2 is 0.511 bits per heavy atom. The first-order valence-corrected chi connectivity index (χ1v) is 40.0. The van der Waals surface area contributed by atoms with Crippen LogP contribution in [0.3, 0.4) is 0 Å². The third kappa shape index (κ3) is 68.2. The van der Waals surface area contributed by atoms with Crippen LogP contribution in [0.4, 0.5) is 0 Å². The summed E-state index contributed by atoms with van der Waals surface area (Å²) >= 11 is 0. The first kappa shape index (κ1) is 90.8. The van der Waals surface area contributed by atoms with Crippen LogP contribution in [0.2, 0.25) is 0 Å². The van der Waals surface area contributed by atoms with Crippen LogP contribution < -0.4 is 21.3 Å². The van der Waals surface area contributed by atoms with Crippen LogP contribution in [0.15, 0.2) is 0 Å². The summed E-state index contributed by atoms with van der Waals surface area (Å²) in [5.74, 6) is -0.709. The Balaban J connectivity index is 0. The minimum absolute atomic E-state index is 0.0763. The molecule has 0 aliphatic carbocycles. The second-order valence-corrected chi connectivity index (χ2v) is 27.5. The van der Waals surface area contributed by atoms with Gasteiger partial charge in [-0.2, -0.15) is 0 Å². The van der Waals surface area contributed by atoms with Gasteiger partial charge in [0, 0.05) is 44.8 Å². The zero-order valence-corrected chi connectivity index (χ0v) is 61.9. The van der Waals surface area contributed by atoms with Gasteiger partial charge in [0.05, 0.1) is 25.5 Å². The molecule has 0 spiro atoms. The fourth-order valence-corrected chi connectivity index (χ4v) is 12.0. The Morgan fingerprint density at radius 1 is 0.283 bits per heavy atom. The van der Waals surface area contributed by atoms with E-state index in [9.17, 15) is 33.9 Å². The molecular weight excluding hydrogens is 1150 g/mol. The van der Waals surface area contributed by atoms with E-state index in [1.54, 1.807) is 0 Å². The highest BCUT2D eigenvalue weighted by molar-refractivity contribution is 5.79. The maximum Gasteiger partial charge on any atom is 0.306 e. The molecule has 0 radical (unpaired) electrons. The number of nitrogens with one attached hydrogen (secondary N) is 4. The zero-order chi connectivity index (χ0) is 67.9. The minimum Gasteiger partial charge on any atom is -0.462 e. The van der Waals surface area contributed by atoms with E-state index in [1.807, 2.05) is 6.92 Å². The Labute approximate surface area is 568 Å². The Morgan fingerprint density at radius 3 is 0.772 bits per heavy atom. The summed E-state index contributed by atoms with van der Waals surface area (Å²) in [6.45, 7) is 15.7. The molecule has 0 aliphatic heterocycles. The molecule has 92 heavy (non-hydrogen) atoms. The van der Waals surface area contributed by atoms with Gasteiger partial charge < -0.3 is 35.8 Å². The van der Waals surface area contributed by atoms with E-state index in [0.717, 1.165) is 109 Å². The third-order valence-corrected chi connectivity index (χ3v) is 18.2. The maximum atomic E-state index is 12.9.